The smallest absolute Gasteiger partial charge is 0.160 e. The molecule has 1 aromatic carbocycles. The lowest BCUT2D eigenvalue weighted by atomic mass is 10.1. The van der Waals surface area contributed by atoms with Gasteiger partial charge in [0, 0.05) is 12.6 Å². The summed E-state index contributed by atoms with van der Waals surface area (Å²) in [5.74, 6) is 1.02. The van der Waals surface area contributed by atoms with Gasteiger partial charge in [0.1, 0.15) is 11.3 Å². The van der Waals surface area contributed by atoms with Gasteiger partial charge in [0.05, 0.1) is 18.2 Å². The second-order valence-corrected chi connectivity index (χ2v) is 5.14. The van der Waals surface area contributed by atoms with Gasteiger partial charge in [0.15, 0.2) is 5.65 Å². The highest BCUT2D eigenvalue weighted by atomic mass is 15.1. The van der Waals surface area contributed by atoms with Gasteiger partial charge in [0.25, 0.3) is 0 Å². The normalized spacial score (nSPS) is 10.7. The van der Waals surface area contributed by atoms with Crippen LogP contribution < -0.4 is 0 Å². The first-order valence-corrected chi connectivity index (χ1v) is 7.02. The minimum Gasteiger partial charge on any atom is -0.308 e. The number of imidazole rings is 1. The molecule has 0 atom stereocenters. The van der Waals surface area contributed by atoms with E-state index in [1.807, 2.05) is 37.4 Å². The highest BCUT2D eigenvalue weighted by molar-refractivity contribution is 5.72. The summed E-state index contributed by atoms with van der Waals surface area (Å²) < 4.78 is 2.13. The van der Waals surface area contributed by atoms with Crippen LogP contribution in [0.15, 0.2) is 36.5 Å². The fourth-order valence-corrected chi connectivity index (χ4v) is 2.52. The number of fused-ring (bicyclic) bond motifs is 1. The summed E-state index contributed by atoms with van der Waals surface area (Å²) in [5.41, 5.74) is 4.72. The fourth-order valence-electron chi connectivity index (χ4n) is 2.52. The molecule has 0 aliphatic rings. The zero-order valence-corrected chi connectivity index (χ0v) is 12.2. The van der Waals surface area contributed by atoms with Crippen LogP contribution in [0.2, 0.25) is 0 Å². The molecule has 0 N–H and O–H groups in total. The number of hydrogen-bond acceptors (Lipinski definition) is 3. The summed E-state index contributed by atoms with van der Waals surface area (Å²) in [6.07, 6.45) is 2.72. The third kappa shape index (κ3) is 2.50. The summed E-state index contributed by atoms with van der Waals surface area (Å²) in [4.78, 5) is 9.19. The van der Waals surface area contributed by atoms with Crippen LogP contribution in [-0.4, -0.2) is 14.5 Å². The Bertz CT molecular complexity index is 840. The summed E-state index contributed by atoms with van der Waals surface area (Å²) in [6, 6.07) is 11.9. The molecular weight excluding hydrogens is 260 g/mol. The lowest BCUT2D eigenvalue weighted by molar-refractivity contribution is 0.746. The highest BCUT2D eigenvalue weighted by Gasteiger charge is 2.11. The van der Waals surface area contributed by atoms with Crippen molar-refractivity contribution in [2.45, 2.75) is 26.8 Å². The number of aromatic nitrogens is 3. The third-order valence-corrected chi connectivity index (χ3v) is 3.51. The minimum absolute atomic E-state index is 0.679. The predicted octanol–water partition coefficient (Wildman–Crippen LogP) is 3.22. The van der Waals surface area contributed by atoms with Crippen molar-refractivity contribution in [3.05, 3.63) is 59.0 Å². The summed E-state index contributed by atoms with van der Waals surface area (Å²) in [6.45, 7) is 4.80. The van der Waals surface area contributed by atoms with Crippen molar-refractivity contribution in [2.24, 2.45) is 0 Å². The molecule has 3 rings (SSSR count). The molecule has 0 unspecified atom stereocenters. The molecule has 0 aliphatic heterocycles. The lowest BCUT2D eigenvalue weighted by Gasteiger charge is -2.08. The molecule has 4 nitrogen and oxygen atoms in total. The van der Waals surface area contributed by atoms with Gasteiger partial charge >= 0.3 is 0 Å². The van der Waals surface area contributed by atoms with Crippen molar-refractivity contribution < 1.29 is 0 Å². The van der Waals surface area contributed by atoms with Crippen LogP contribution in [-0.2, 0) is 13.0 Å². The second-order valence-electron chi connectivity index (χ2n) is 5.14. The maximum absolute atomic E-state index is 9.01. The zero-order valence-electron chi connectivity index (χ0n) is 12.2. The van der Waals surface area contributed by atoms with E-state index in [0.717, 1.165) is 34.5 Å². The maximum atomic E-state index is 9.01. The number of nitriles is 1. The Balaban J connectivity index is 2.08. The monoisotopic (exact) mass is 276 g/mol. The van der Waals surface area contributed by atoms with Crippen molar-refractivity contribution in [1.82, 2.24) is 14.5 Å². The maximum Gasteiger partial charge on any atom is 0.160 e. The van der Waals surface area contributed by atoms with Gasteiger partial charge in [-0.25, -0.2) is 9.97 Å². The van der Waals surface area contributed by atoms with Crippen LogP contribution >= 0.6 is 0 Å². The molecule has 0 aliphatic carbocycles. The first-order valence-electron chi connectivity index (χ1n) is 7.02. The first-order chi connectivity index (χ1) is 10.2. The van der Waals surface area contributed by atoms with E-state index in [2.05, 4.69) is 33.6 Å². The summed E-state index contributed by atoms with van der Waals surface area (Å²) in [7, 11) is 0. The molecule has 0 saturated heterocycles. The van der Waals surface area contributed by atoms with Gasteiger partial charge in [-0.15, -0.1) is 0 Å². The average Bonchev–Trinajstić information content (AvgIpc) is 2.84. The quantitative estimate of drug-likeness (QED) is 0.738. The molecule has 104 valence electrons. The highest BCUT2D eigenvalue weighted by Crippen LogP contribution is 2.18. The SMILES string of the molecule is CCc1nc2cc(C)cnc2n1Cc1cccc(C#N)c1. The molecule has 21 heavy (non-hydrogen) atoms. The van der Waals surface area contributed by atoms with Crippen molar-refractivity contribution in [3.63, 3.8) is 0 Å². The molecule has 0 radical (unpaired) electrons. The third-order valence-electron chi connectivity index (χ3n) is 3.51. The number of pyridine rings is 1. The molecule has 0 fully saturated rings. The van der Waals surface area contributed by atoms with Gasteiger partial charge in [-0.05, 0) is 36.2 Å². The Kier molecular flexibility index (Phi) is 3.41. The van der Waals surface area contributed by atoms with E-state index in [1.54, 1.807) is 0 Å². The van der Waals surface area contributed by atoms with E-state index in [4.69, 9.17) is 5.26 Å². The number of rotatable bonds is 3. The van der Waals surface area contributed by atoms with Crippen LogP contribution in [0.5, 0.6) is 0 Å². The Morgan fingerprint density at radius 3 is 2.90 bits per heavy atom. The topological polar surface area (TPSA) is 54.5 Å². The van der Waals surface area contributed by atoms with E-state index in [0.29, 0.717) is 12.1 Å². The standard InChI is InChI=1S/C17H16N4/c1-3-16-20-15-7-12(2)10-19-17(15)21(16)11-14-6-4-5-13(8-14)9-18/h4-8,10H,3,11H2,1-2H3. The molecule has 2 aromatic heterocycles. The van der Waals surface area contributed by atoms with Gasteiger partial charge < -0.3 is 4.57 Å². The van der Waals surface area contributed by atoms with Crippen LogP contribution in [0.3, 0.4) is 0 Å². The Morgan fingerprint density at radius 1 is 1.29 bits per heavy atom. The lowest BCUT2D eigenvalue weighted by Crippen LogP contribution is -2.05. The van der Waals surface area contributed by atoms with Crippen molar-refractivity contribution in [2.75, 3.05) is 0 Å². The Hall–Kier alpha value is -2.67. The summed E-state index contributed by atoms with van der Waals surface area (Å²) in [5, 5.41) is 9.01. The molecular formula is C17H16N4. The van der Waals surface area contributed by atoms with Gasteiger partial charge in [0.2, 0.25) is 0 Å². The minimum atomic E-state index is 0.679. The summed E-state index contributed by atoms with van der Waals surface area (Å²) >= 11 is 0. The van der Waals surface area contributed by atoms with Crippen molar-refractivity contribution in [3.8, 4) is 6.07 Å². The molecule has 0 saturated carbocycles. The first kappa shape index (κ1) is 13.3. The van der Waals surface area contributed by atoms with E-state index in [1.165, 1.54) is 0 Å². The molecule has 4 heteroatoms. The molecule has 0 spiro atoms. The molecule has 2 heterocycles. The number of benzene rings is 1. The number of hydrogen-bond donors (Lipinski definition) is 0. The molecule has 3 aromatic rings. The number of nitrogens with zero attached hydrogens (tertiary/aromatic N) is 4. The van der Waals surface area contributed by atoms with Gasteiger partial charge in [-0.2, -0.15) is 5.26 Å². The van der Waals surface area contributed by atoms with Crippen LogP contribution in [0.25, 0.3) is 11.2 Å². The van der Waals surface area contributed by atoms with Crippen LogP contribution in [0.1, 0.15) is 29.4 Å². The van der Waals surface area contributed by atoms with Crippen molar-refractivity contribution in [1.29, 1.82) is 5.26 Å². The van der Waals surface area contributed by atoms with E-state index >= 15 is 0 Å². The van der Waals surface area contributed by atoms with Crippen LogP contribution in [0, 0.1) is 18.3 Å². The van der Waals surface area contributed by atoms with Gasteiger partial charge in [-0.3, -0.25) is 0 Å². The van der Waals surface area contributed by atoms with Crippen LogP contribution in [0.4, 0.5) is 0 Å². The number of aryl methyl sites for hydroxylation is 2. The average molecular weight is 276 g/mol. The zero-order chi connectivity index (χ0) is 14.8. The van der Waals surface area contributed by atoms with E-state index in [-0.39, 0.29) is 0 Å². The van der Waals surface area contributed by atoms with E-state index in [9.17, 15) is 0 Å². The molecule has 0 bridgehead atoms. The molecule has 0 amide bonds. The second kappa shape index (κ2) is 5.37. The Labute approximate surface area is 123 Å². The van der Waals surface area contributed by atoms with Gasteiger partial charge in [-0.1, -0.05) is 19.1 Å². The largest absolute Gasteiger partial charge is 0.308 e. The predicted molar refractivity (Wildman–Crippen MR) is 81.9 cm³/mol. The fraction of sp³-hybridized carbons (Fsp3) is 0.235. The van der Waals surface area contributed by atoms with Crippen molar-refractivity contribution >= 4 is 11.2 Å². The Morgan fingerprint density at radius 2 is 2.14 bits per heavy atom. The van der Waals surface area contributed by atoms with E-state index < -0.39 is 0 Å².